The Kier molecular flexibility index (Phi) is 3.78. The summed E-state index contributed by atoms with van der Waals surface area (Å²) in [5.74, 6) is 1.47. The molecular weight excluding hydrogens is 302 g/mol. The van der Waals surface area contributed by atoms with E-state index in [1.54, 1.807) is 4.52 Å². The molecule has 3 aromatic rings. The zero-order valence-corrected chi connectivity index (χ0v) is 14.0. The van der Waals surface area contributed by atoms with Crippen molar-refractivity contribution in [3.8, 4) is 0 Å². The van der Waals surface area contributed by atoms with Crippen molar-refractivity contribution in [2.24, 2.45) is 0 Å². The fraction of sp³-hybridized carbons (Fsp3) is 0.353. The predicted molar refractivity (Wildman–Crippen MR) is 95.0 cm³/mol. The van der Waals surface area contributed by atoms with Gasteiger partial charge in [0.15, 0.2) is 0 Å². The number of benzene rings is 1. The predicted octanol–water partition coefficient (Wildman–Crippen LogP) is 1.93. The van der Waals surface area contributed by atoms with E-state index in [2.05, 4.69) is 61.5 Å². The number of anilines is 3. The molecule has 1 aromatic carbocycles. The first kappa shape index (κ1) is 14.9. The van der Waals surface area contributed by atoms with Gasteiger partial charge in [-0.25, -0.2) is 4.98 Å². The van der Waals surface area contributed by atoms with Crippen molar-refractivity contribution >= 4 is 23.0 Å². The third-order valence-electron chi connectivity index (χ3n) is 4.39. The molecular formula is C17H21N7. The standard InChI is InChI=1S/C17H21N7/c1-13-11-16(24-17(20-13)18-12-19-24)21-14-3-5-15(6-4-14)23-9-7-22(2)8-10-23/h3-6,11-12,21H,7-10H2,1-2H3. The molecule has 0 spiro atoms. The molecule has 24 heavy (non-hydrogen) atoms. The van der Waals surface area contributed by atoms with Crippen LogP contribution in [0.3, 0.4) is 0 Å². The van der Waals surface area contributed by atoms with Crippen LogP contribution in [0.25, 0.3) is 5.78 Å². The Balaban J connectivity index is 1.54. The van der Waals surface area contributed by atoms with Crippen molar-refractivity contribution in [2.75, 3.05) is 43.4 Å². The van der Waals surface area contributed by atoms with Gasteiger partial charge < -0.3 is 15.1 Å². The first-order chi connectivity index (χ1) is 11.7. The fourth-order valence-electron chi connectivity index (χ4n) is 2.99. The molecule has 7 heteroatoms. The molecule has 0 amide bonds. The second-order valence-corrected chi connectivity index (χ2v) is 6.22. The van der Waals surface area contributed by atoms with Gasteiger partial charge in [-0.1, -0.05) is 0 Å². The van der Waals surface area contributed by atoms with Gasteiger partial charge >= 0.3 is 0 Å². The Labute approximate surface area is 140 Å². The number of piperazine rings is 1. The minimum atomic E-state index is 0.603. The molecule has 1 saturated heterocycles. The Bertz CT molecular complexity index is 832. The van der Waals surface area contributed by atoms with Gasteiger partial charge in [-0.05, 0) is 38.2 Å². The normalized spacial score (nSPS) is 15.8. The van der Waals surface area contributed by atoms with Crippen LogP contribution in [0, 0.1) is 6.92 Å². The maximum absolute atomic E-state index is 4.36. The Morgan fingerprint density at radius 1 is 1.04 bits per heavy atom. The lowest BCUT2D eigenvalue weighted by molar-refractivity contribution is 0.313. The summed E-state index contributed by atoms with van der Waals surface area (Å²) >= 11 is 0. The molecule has 0 saturated carbocycles. The lowest BCUT2D eigenvalue weighted by Crippen LogP contribution is -2.44. The maximum atomic E-state index is 4.36. The third kappa shape index (κ3) is 2.90. The van der Waals surface area contributed by atoms with E-state index in [0.717, 1.165) is 43.4 Å². The maximum Gasteiger partial charge on any atom is 0.254 e. The number of fused-ring (bicyclic) bond motifs is 1. The molecule has 124 valence electrons. The second-order valence-electron chi connectivity index (χ2n) is 6.22. The number of aromatic nitrogens is 4. The van der Waals surface area contributed by atoms with Gasteiger partial charge in [0.2, 0.25) is 0 Å². The highest BCUT2D eigenvalue weighted by molar-refractivity contribution is 5.62. The minimum absolute atomic E-state index is 0.603. The molecule has 1 N–H and O–H groups in total. The van der Waals surface area contributed by atoms with Crippen LogP contribution in [0.5, 0.6) is 0 Å². The zero-order chi connectivity index (χ0) is 16.5. The largest absolute Gasteiger partial charge is 0.369 e. The van der Waals surface area contributed by atoms with Gasteiger partial charge in [-0.2, -0.15) is 14.6 Å². The zero-order valence-electron chi connectivity index (χ0n) is 14.0. The number of likely N-dealkylation sites (N-methyl/N-ethyl adjacent to an activating group) is 1. The van der Waals surface area contributed by atoms with Crippen molar-refractivity contribution < 1.29 is 0 Å². The lowest BCUT2D eigenvalue weighted by Gasteiger charge is -2.34. The highest BCUT2D eigenvalue weighted by Crippen LogP contribution is 2.22. The molecule has 0 unspecified atom stereocenters. The second kappa shape index (κ2) is 6.09. The van der Waals surface area contributed by atoms with E-state index >= 15 is 0 Å². The number of hydrogen-bond donors (Lipinski definition) is 1. The molecule has 0 bridgehead atoms. The summed E-state index contributed by atoms with van der Waals surface area (Å²) in [6, 6.07) is 10.5. The SMILES string of the molecule is Cc1cc(Nc2ccc(N3CCN(C)CC3)cc2)n2ncnc2n1. The van der Waals surface area contributed by atoms with E-state index in [1.807, 2.05) is 13.0 Å². The first-order valence-electron chi connectivity index (χ1n) is 8.17. The number of rotatable bonds is 3. The van der Waals surface area contributed by atoms with Gasteiger partial charge in [0.25, 0.3) is 5.78 Å². The van der Waals surface area contributed by atoms with E-state index in [1.165, 1.54) is 12.0 Å². The Morgan fingerprint density at radius 3 is 2.54 bits per heavy atom. The quantitative estimate of drug-likeness (QED) is 0.795. The van der Waals surface area contributed by atoms with Crippen LogP contribution in [-0.4, -0.2) is 57.7 Å². The molecule has 1 aliphatic heterocycles. The van der Waals surface area contributed by atoms with E-state index in [9.17, 15) is 0 Å². The van der Waals surface area contributed by atoms with Crippen molar-refractivity contribution in [1.29, 1.82) is 0 Å². The summed E-state index contributed by atoms with van der Waals surface area (Å²) in [6.45, 7) is 6.33. The van der Waals surface area contributed by atoms with Crippen LogP contribution in [0.2, 0.25) is 0 Å². The van der Waals surface area contributed by atoms with Crippen molar-refractivity contribution in [3.63, 3.8) is 0 Å². The molecule has 1 fully saturated rings. The molecule has 4 rings (SSSR count). The van der Waals surface area contributed by atoms with Crippen LogP contribution in [0.15, 0.2) is 36.7 Å². The summed E-state index contributed by atoms with van der Waals surface area (Å²) < 4.78 is 1.71. The monoisotopic (exact) mass is 323 g/mol. The summed E-state index contributed by atoms with van der Waals surface area (Å²) in [5.41, 5.74) is 3.20. The highest BCUT2D eigenvalue weighted by Gasteiger charge is 2.14. The topological polar surface area (TPSA) is 61.6 Å². The molecule has 3 heterocycles. The lowest BCUT2D eigenvalue weighted by atomic mass is 10.2. The molecule has 1 aliphatic rings. The van der Waals surface area contributed by atoms with Crippen molar-refractivity contribution in [1.82, 2.24) is 24.5 Å². The minimum Gasteiger partial charge on any atom is -0.369 e. The highest BCUT2D eigenvalue weighted by atomic mass is 15.4. The fourth-order valence-corrected chi connectivity index (χ4v) is 2.99. The van der Waals surface area contributed by atoms with Gasteiger partial charge in [-0.3, -0.25) is 0 Å². The average Bonchev–Trinajstić information content (AvgIpc) is 3.05. The number of hydrogen-bond acceptors (Lipinski definition) is 6. The van der Waals surface area contributed by atoms with E-state index in [4.69, 9.17) is 0 Å². The summed E-state index contributed by atoms with van der Waals surface area (Å²) in [7, 11) is 2.17. The van der Waals surface area contributed by atoms with Crippen molar-refractivity contribution in [3.05, 3.63) is 42.4 Å². The Morgan fingerprint density at radius 2 is 1.79 bits per heavy atom. The van der Waals surface area contributed by atoms with Crippen LogP contribution < -0.4 is 10.2 Å². The van der Waals surface area contributed by atoms with E-state index in [-0.39, 0.29) is 0 Å². The first-order valence-corrected chi connectivity index (χ1v) is 8.17. The third-order valence-corrected chi connectivity index (χ3v) is 4.39. The van der Waals surface area contributed by atoms with Crippen molar-refractivity contribution in [2.45, 2.75) is 6.92 Å². The summed E-state index contributed by atoms with van der Waals surface area (Å²) in [4.78, 5) is 13.3. The van der Waals surface area contributed by atoms with Gasteiger partial charge in [0.1, 0.15) is 12.1 Å². The number of nitrogens with zero attached hydrogens (tertiary/aromatic N) is 6. The van der Waals surface area contributed by atoms with Gasteiger partial charge in [0.05, 0.1) is 0 Å². The molecule has 2 aromatic heterocycles. The average molecular weight is 323 g/mol. The Hall–Kier alpha value is -2.67. The van der Waals surface area contributed by atoms with E-state index < -0.39 is 0 Å². The van der Waals surface area contributed by atoms with Crippen LogP contribution in [0.4, 0.5) is 17.2 Å². The van der Waals surface area contributed by atoms with Crippen LogP contribution in [0.1, 0.15) is 5.69 Å². The molecule has 0 radical (unpaired) electrons. The summed E-state index contributed by atoms with van der Waals surface area (Å²) in [5, 5.41) is 7.63. The van der Waals surface area contributed by atoms with Crippen LogP contribution in [-0.2, 0) is 0 Å². The molecule has 0 atom stereocenters. The smallest absolute Gasteiger partial charge is 0.254 e. The molecule has 0 aliphatic carbocycles. The van der Waals surface area contributed by atoms with Gasteiger partial charge in [0, 0.05) is 49.3 Å². The summed E-state index contributed by atoms with van der Waals surface area (Å²) in [6.07, 6.45) is 1.52. The van der Waals surface area contributed by atoms with E-state index in [0.29, 0.717) is 5.78 Å². The van der Waals surface area contributed by atoms with Crippen LogP contribution >= 0.6 is 0 Å². The molecule has 7 nitrogen and oxygen atoms in total. The van der Waals surface area contributed by atoms with Gasteiger partial charge in [-0.15, -0.1) is 0 Å². The number of aryl methyl sites for hydroxylation is 1. The number of nitrogens with one attached hydrogen (secondary N) is 1.